The molecule has 1 aromatic heterocycles. The molecule has 2 aromatic rings. The van der Waals surface area contributed by atoms with Gasteiger partial charge in [0, 0.05) is 24.8 Å². The van der Waals surface area contributed by atoms with Gasteiger partial charge in [-0.3, -0.25) is 0 Å². The molecule has 1 N–H and O–H groups in total. The van der Waals surface area contributed by atoms with Crippen molar-refractivity contribution in [2.45, 2.75) is 33.6 Å². The van der Waals surface area contributed by atoms with E-state index in [1.807, 2.05) is 0 Å². The molecule has 4 nitrogen and oxygen atoms in total. The molecule has 2 heterocycles. The van der Waals surface area contributed by atoms with Gasteiger partial charge in [0.2, 0.25) is 0 Å². The fraction of sp³-hybridized carbons (Fsp3) is 0.444. The SMILES string of the molecule is Cc1cccc(C)c1Nc1cc(N2CCC(C)CC2)ncn1. The van der Waals surface area contributed by atoms with Gasteiger partial charge in [-0.15, -0.1) is 0 Å². The van der Waals surface area contributed by atoms with Crippen LogP contribution in [0.5, 0.6) is 0 Å². The Bertz CT molecular complexity index is 625. The summed E-state index contributed by atoms with van der Waals surface area (Å²) in [6, 6.07) is 8.37. The number of aromatic nitrogens is 2. The second kappa shape index (κ2) is 6.34. The number of anilines is 3. The first-order valence-electron chi connectivity index (χ1n) is 8.03. The van der Waals surface area contributed by atoms with Crippen LogP contribution in [-0.4, -0.2) is 23.1 Å². The predicted molar refractivity (Wildman–Crippen MR) is 91.8 cm³/mol. The quantitative estimate of drug-likeness (QED) is 0.927. The minimum Gasteiger partial charge on any atom is -0.356 e. The van der Waals surface area contributed by atoms with E-state index in [-0.39, 0.29) is 0 Å². The van der Waals surface area contributed by atoms with E-state index in [1.54, 1.807) is 6.33 Å². The summed E-state index contributed by atoms with van der Waals surface area (Å²) in [5.41, 5.74) is 3.60. The van der Waals surface area contributed by atoms with Gasteiger partial charge >= 0.3 is 0 Å². The molecule has 0 atom stereocenters. The normalized spacial score (nSPS) is 15.9. The van der Waals surface area contributed by atoms with Crippen molar-refractivity contribution in [1.82, 2.24) is 9.97 Å². The van der Waals surface area contributed by atoms with Crippen molar-refractivity contribution < 1.29 is 0 Å². The zero-order chi connectivity index (χ0) is 15.5. The summed E-state index contributed by atoms with van der Waals surface area (Å²) < 4.78 is 0. The molecule has 1 fully saturated rings. The molecular formula is C18H24N4. The summed E-state index contributed by atoms with van der Waals surface area (Å²) in [5.74, 6) is 2.71. The van der Waals surface area contributed by atoms with Crippen molar-refractivity contribution in [1.29, 1.82) is 0 Å². The average molecular weight is 296 g/mol. The first-order chi connectivity index (χ1) is 10.6. The molecule has 1 aromatic carbocycles. The molecule has 0 amide bonds. The second-order valence-electron chi connectivity index (χ2n) is 6.32. The zero-order valence-electron chi connectivity index (χ0n) is 13.6. The van der Waals surface area contributed by atoms with Gasteiger partial charge in [-0.1, -0.05) is 25.1 Å². The Kier molecular flexibility index (Phi) is 4.27. The maximum absolute atomic E-state index is 4.45. The van der Waals surface area contributed by atoms with Crippen LogP contribution in [0.3, 0.4) is 0 Å². The van der Waals surface area contributed by atoms with Gasteiger partial charge in [0.25, 0.3) is 0 Å². The van der Waals surface area contributed by atoms with Gasteiger partial charge in [-0.05, 0) is 43.7 Å². The van der Waals surface area contributed by atoms with E-state index >= 15 is 0 Å². The summed E-state index contributed by atoms with van der Waals surface area (Å²) in [6.45, 7) is 8.72. The van der Waals surface area contributed by atoms with Crippen molar-refractivity contribution in [2.24, 2.45) is 5.92 Å². The van der Waals surface area contributed by atoms with Gasteiger partial charge in [-0.2, -0.15) is 0 Å². The smallest absolute Gasteiger partial charge is 0.135 e. The van der Waals surface area contributed by atoms with Gasteiger partial charge in [0.05, 0.1) is 0 Å². The largest absolute Gasteiger partial charge is 0.356 e. The van der Waals surface area contributed by atoms with Gasteiger partial charge in [-0.25, -0.2) is 9.97 Å². The van der Waals surface area contributed by atoms with Crippen molar-refractivity contribution in [3.63, 3.8) is 0 Å². The Morgan fingerprint density at radius 2 is 1.77 bits per heavy atom. The Hall–Kier alpha value is -2.10. The lowest BCUT2D eigenvalue weighted by molar-refractivity contribution is 0.436. The fourth-order valence-electron chi connectivity index (χ4n) is 2.97. The summed E-state index contributed by atoms with van der Waals surface area (Å²) in [5, 5.41) is 3.45. The fourth-order valence-corrected chi connectivity index (χ4v) is 2.97. The topological polar surface area (TPSA) is 41.0 Å². The molecule has 3 rings (SSSR count). The monoisotopic (exact) mass is 296 g/mol. The first-order valence-corrected chi connectivity index (χ1v) is 8.03. The molecule has 0 unspecified atom stereocenters. The highest BCUT2D eigenvalue weighted by Gasteiger charge is 2.17. The third-order valence-electron chi connectivity index (χ3n) is 4.49. The predicted octanol–water partition coefficient (Wildman–Crippen LogP) is 4.07. The van der Waals surface area contributed by atoms with Crippen LogP contribution in [0, 0.1) is 19.8 Å². The molecule has 0 bridgehead atoms. The number of hydrogen-bond acceptors (Lipinski definition) is 4. The van der Waals surface area contributed by atoms with Crippen LogP contribution in [0.2, 0.25) is 0 Å². The van der Waals surface area contributed by atoms with Crippen molar-refractivity contribution in [2.75, 3.05) is 23.3 Å². The van der Waals surface area contributed by atoms with E-state index in [2.05, 4.69) is 65.2 Å². The maximum Gasteiger partial charge on any atom is 0.135 e. The molecular weight excluding hydrogens is 272 g/mol. The zero-order valence-corrected chi connectivity index (χ0v) is 13.6. The molecule has 4 heteroatoms. The van der Waals surface area contributed by atoms with E-state index in [9.17, 15) is 0 Å². The van der Waals surface area contributed by atoms with Crippen LogP contribution < -0.4 is 10.2 Å². The number of benzene rings is 1. The molecule has 1 aliphatic rings. The molecule has 0 aliphatic carbocycles. The second-order valence-corrected chi connectivity index (χ2v) is 6.32. The minimum absolute atomic E-state index is 0.824. The molecule has 0 radical (unpaired) electrons. The highest BCUT2D eigenvalue weighted by Crippen LogP contribution is 2.26. The number of para-hydroxylation sites is 1. The Morgan fingerprint density at radius 1 is 1.09 bits per heavy atom. The highest BCUT2D eigenvalue weighted by atomic mass is 15.2. The number of nitrogens with zero attached hydrogens (tertiary/aromatic N) is 3. The number of rotatable bonds is 3. The summed E-state index contributed by atoms with van der Waals surface area (Å²) in [6.07, 6.45) is 4.14. The van der Waals surface area contributed by atoms with E-state index in [0.717, 1.165) is 36.3 Å². The Balaban J connectivity index is 1.79. The third kappa shape index (κ3) is 3.21. The Labute approximate surface area is 132 Å². The van der Waals surface area contributed by atoms with Crippen LogP contribution in [0.25, 0.3) is 0 Å². The van der Waals surface area contributed by atoms with E-state index in [4.69, 9.17) is 0 Å². The van der Waals surface area contributed by atoms with Crippen molar-refractivity contribution >= 4 is 17.3 Å². The minimum atomic E-state index is 0.824. The van der Waals surface area contributed by atoms with Gasteiger partial charge in [0.1, 0.15) is 18.0 Å². The Morgan fingerprint density at radius 3 is 2.45 bits per heavy atom. The average Bonchev–Trinajstić information content (AvgIpc) is 2.52. The molecule has 22 heavy (non-hydrogen) atoms. The van der Waals surface area contributed by atoms with Crippen LogP contribution in [0.15, 0.2) is 30.6 Å². The van der Waals surface area contributed by atoms with Crippen molar-refractivity contribution in [3.05, 3.63) is 41.7 Å². The highest BCUT2D eigenvalue weighted by molar-refractivity contribution is 5.65. The van der Waals surface area contributed by atoms with Gasteiger partial charge in [0.15, 0.2) is 0 Å². The summed E-state index contributed by atoms with van der Waals surface area (Å²) >= 11 is 0. The lowest BCUT2D eigenvalue weighted by atomic mass is 9.99. The van der Waals surface area contributed by atoms with Gasteiger partial charge < -0.3 is 10.2 Å². The number of aryl methyl sites for hydroxylation is 2. The summed E-state index contributed by atoms with van der Waals surface area (Å²) in [4.78, 5) is 11.2. The van der Waals surface area contributed by atoms with E-state index in [1.165, 1.54) is 24.0 Å². The number of piperidine rings is 1. The van der Waals surface area contributed by atoms with Crippen LogP contribution >= 0.6 is 0 Å². The number of nitrogens with one attached hydrogen (secondary N) is 1. The lowest BCUT2D eigenvalue weighted by Gasteiger charge is -2.31. The third-order valence-corrected chi connectivity index (χ3v) is 4.49. The molecule has 1 aliphatic heterocycles. The lowest BCUT2D eigenvalue weighted by Crippen LogP contribution is -2.33. The van der Waals surface area contributed by atoms with E-state index in [0.29, 0.717) is 0 Å². The van der Waals surface area contributed by atoms with E-state index < -0.39 is 0 Å². The molecule has 0 saturated carbocycles. The van der Waals surface area contributed by atoms with Crippen LogP contribution in [0.1, 0.15) is 30.9 Å². The first kappa shape index (κ1) is 14.8. The maximum atomic E-state index is 4.45. The number of hydrogen-bond donors (Lipinski definition) is 1. The van der Waals surface area contributed by atoms with Crippen LogP contribution in [0.4, 0.5) is 17.3 Å². The summed E-state index contributed by atoms with van der Waals surface area (Å²) in [7, 11) is 0. The molecule has 0 spiro atoms. The standard InChI is InChI=1S/C18H24N4/c1-13-7-9-22(10-8-13)17-11-16(19-12-20-17)21-18-14(2)5-4-6-15(18)3/h4-6,11-13H,7-10H2,1-3H3,(H,19,20,21). The molecule has 1 saturated heterocycles. The van der Waals surface area contributed by atoms with Crippen molar-refractivity contribution in [3.8, 4) is 0 Å². The van der Waals surface area contributed by atoms with Crippen LogP contribution in [-0.2, 0) is 0 Å². The molecule has 116 valence electrons.